The molecule has 0 aliphatic carbocycles. The molecular formula is C15H24N2O3. The number of rotatable bonds is 8. The number of nitrogens with zero attached hydrogens (tertiary/aromatic N) is 1. The van der Waals surface area contributed by atoms with Crippen LogP contribution in [-0.4, -0.2) is 30.7 Å². The minimum atomic E-state index is -0.569. The summed E-state index contributed by atoms with van der Waals surface area (Å²) < 4.78 is 10.9. The molecule has 112 valence electrons. The molecular weight excluding hydrogens is 256 g/mol. The number of carbonyl (C=O) groups is 1. The minimum Gasteiger partial charge on any atom is -0.477 e. The summed E-state index contributed by atoms with van der Waals surface area (Å²) in [5.41, 5.74) is 1.73. The van der Waals surface area contributed by atoms with Crippen molar-refractivity contribution in [2.75, 3.05) is 13.7 Å². The topological polar surface area (TPSA) is 60.5 Å². The molecule has 5 heteroatoms. The van der Waals surface area contributed by atoms with Crippen molar-refractivity contribution in [3.8, 4) is 5.75 Å². The molecule has 1 aromatic heterocycles. The third kappa shape index (κ3) is 4.81. The van der Waals surface area contributed by atoms with E-state index in [0.717, 1.165) is 17.8 Å². The molecule has 1 N–H and O–H groups in total. The van der Waals surface area contributed by atoms with E-state index in [0.29, 0.717) is 25.3 Å². The molecule has 20 heavy (non-hydrogen) atoms. The van der Waals surface area contributed by atoms with Crippen LogP contribution in [0.3, 0.4) is 0 Å². The normalized spacial score (nSPS) is 12.0. The number of aromatic nitrogens is 1. The molecule has 0 fully saturated rings. The molecule has 1 heterocycles. The van der Waals surface area contributed by atoms with Crippen LogP contribution in [0, 0.1) is 6.92 Å². The Morgan fingerprint density at radius 1 is 1.40 bits per heavy atom. The first kappa shape index (κ1) is 16.4. The molecule has 0 saturated heterocycles. The molecule has 0 bridgehead atoms. The second-order valence-electron chi connectivity index (χ2n) is 4.58. The maximum atomic E-state index is 11.9. The van der Waals surface area contributed by atoms with Crippen LogP contribution in [-0.2, 0) is 16.1 Å². The van der Waals surface area contributed by atoms with E-state index in [-0.39, 0.29) is 5.97 Å². The Morgan fingerprint density at radius 3 is 2.75 bits per heavy atom. The molecule has 0 aliphatic heterocycles. The van der Waals surface area contributed by atoms with Gasteiger partial charge in [0.15, 0.2) is 6.10 Å². The molecule has 1 unspecified atom stereocenters. The molecule has 1 rings (SSSR count). The van der Waals surface area contributed by atoms with Crippen molar-refractivity contribution >= 4 is 5.97 Å². The van der Waals surface area contributed by atoms with Crippen LogP contribution in [0.4, 0.5) is 0 Å². The highest BCUT2D eigenvalue weighted by Crippen LogP contribution is 2.20. The van der Waals surface area contributed by atoms with E-state index in [1.165, 1.54) is 0 Å². The zero-order valence-corrected chi connectivity index (χ0v) is 12.7. The van der Waals surface area contributed by atoms with Gasteiger partial charge >= 0.3 is 5.97 Å². The smallest absolute Gasteiger partial charge is 0.347 e. The summed E-state index contributed by atoms with van der Waals surface area (Å²) in [6.07, 6.45) is 0.913. The first-order valence-corrected chi connectivity index (χ1v) is 7.06. The Morgan fingerprint density at radius 2 is 2.15 bits per heavy atom. The van der Waals surface area contributed by atoms with Crippen molar-refractivity contribution in [1.82, 2.24) is 10.3 Å². The maximum Gasteiger partial charge on any atom is 0.347 e. The van der Waals surface area contributed by atoms with Gasteiger partial charge in [-0.1, -0.05) is 13.3 Å². The van der Waals surface area contributed by atoms with E-state index in [1.54, 1.807) is 6.92 Å². The van der Waals surface area contributed by atoms with Crippen molar-refractivity contribution in [1.29, 1.82) is 0 Å². The summed E-state index contributed by atoms with van der Waals surface area (Å²) in [6.45, 7) is 6.69. The third-order valence-electron chi connectivity index (χ3n) is 2.79. The summed E-state index contributed by atoms with van der Waals surface area (Å²) in [5, 5.41) is 3.05. The number of carbonyl (C=O) groups excluding carboxylic acids is 1. The second-order valence-corrected chi connectivity index (χ2v) is 4.58. The van der Waals surface area contributed by atoms with Gasteiger partial charge < -0.3 is 14.8 Å². The summed E-state index contributed by atoms with van der Waals surface area (Å²) in [4.78, 5) is 16.3. The van der Waals surface area contributed by atoms with Gasteiger partial charge in [-0.3, -0.25) is 4.98 Å². The first-order valence-electron chi connectivity index (χ1n) is 7.06. The first-order chi connectivity index (χ1) is 9.62. The van der Waals surface area contributed by atoms with Crippen molar-refractivity contribution in [3.05, 3.63) is 23.5 Å². The summed E-state index contributed by atoms with van der Waals surface area (Å²) in [5.74, 6) is 0.321. The Bertz CT molecular complexity index is 435. The van der Waals surface area contributed by atoms with Gasteiger partial charge in [0.05, 0.1) is 12.3 Å². The quantitative estimate of drug-likeness (QED) is 0.740. The third-order valence-corrected chi connectivity index (χ3v) is 2.79. The number of esters is 1. The van der Waals surface area contributed by atoms with Crippen LogP contribution in [0.2, 0.25) is 0 Å². The van der Waals surface area contributed by atoms with E-state index in [1.807, 2.05) is 33.0 Å². The average molecular weight is 280 g/mol. The van der Waals surface area contributed by atoms with Gasteiger partial charge in [-0.15, -0.1) is 0 Å². The SMILES string of the molecule is CCCC(Oc1ccc(C)nc1CNC)C(=O)OCC. The van der Waals surface area contributed by atoms with Crippen molar-refractivity contribution in [3.63, 3.8) is 0 Å². The van der Waals surface area contributed by atoms with E-state index in [9.17, 15) is 4.79 Å². The highest BCUT2D eigenvalue weighted by Gasteiger charge is 2.22. The van der Waals surface area contributed by atoms with Gasteiger partial charge in [-0.2, -0.15) is 0 Å². The minimum absolute atomic E-state index is 0.315. The Hall–Kier alpha value is -1.62. The van der Waals surface area contributed by atoms with Crippen molar-refractivity contribution in [2.24, 2.45) is 0 Å². The summed E-state index contributed by atoms with van der Waals surface area (Å²) in [6, 6.07) is 3.74. The molecule has 0 amide bonds. The van der Waals surface area contributed by atoms with E-state index in [2.05, 4.69) is 10.3 Å². The molecule has 1 atom stereocenters. The lowest BCUT2D eigenvalue weighted by molar-refractivity contribution is -0.151. The fourth-order valence-electron chi connectivity index (χ4n) is 1.87. The Balaban J connectivity index is 2.89. The highest BCUT2D eigenvalue weighted by molar-refractivity contribution is 5.75. The summed E-state index contributed by atoms with van der Waals surface area (Å²) >= 11 is 0. The van der Waals surface area contributed by atoms with Gasteiger partial charge in [0, 0.05) is 12.2 Å². The van der Waals surface area contributed by atoms with Crippen LogP contribution in [0.25, 0.3) is 0 Å². The van der Waals surface area contributed by atoms with Gasteiger partial charge in [-0.05, 0) is 39.4 Å². The fourth-order valence-corrected chi connectivity index (χ4v) is 1.87. The second kappa shape index (κ2) is 8.53. The lowest BCUT2D eigenvalue weighted by Gasteiger charge is -2.19. The van der Waals surface area contributed by atoms with Crippen molar-refractivity contribution < 1.29 is 14.3 Å². The monoisotopic (exact) mass is 280 g/mol. The van der Waals surface area contributed by atoms with Crippen LogP contribution in [0.15, 0.2) is 12.1 Å². The molecule has 0 radical (unpaired) electrons. The Labute approximate surface area is 120 Å². The molecule has 0 saturated carbocycles. The Kier molecular flexibility index (Phi) is 7.01. The number of hydrogen-bond donors (Lipinski definition) is 1. The average Bonchev–Trinajstić information content (AvgIpc) is 2.41. The molecule has 0 aromatic carbocycles. The molecule has 0 spiro atoms. The van der Waals surface area contributed by atoms with Crippen molar-refractivity contribution in [2.45, 2.75) is 46.3 Å². The zero-order chi connectivity index (χ0) is 15.0. The standard InChI is InChI=1S/C15H24N2O3/c1-5-7-14(15(18)19-6-2)20-13-9-8-11(3)17-12(13)10-16-4/h8-9,14,16H,5-7,10H2,1-4H3. The van der Waals surface area contributed by atoms with Gasteiger partial charge in [0.25, 0.3) is 0 Å². The number of nitrogens with one attached hydrogen (secondary N) is 1. The number of aryl methyl sites for hydroxylation is 1. The van der Waals surface area contributed by atoms with Crippen LogP contribution in [0.1, 0.15) is 38.1 Å². The zero-order valence-electron chi connectivity index (χ0n) is 12.7. The maximum absolute atomic E-state index is 11.9. The van der Waals surface area contributed by atoms with E-state index < -0.39 is 6.10 Å². The van der Waals surface area contributed by atoms with Gasteiger partial charge in [0.2, 0.25) is 0 Å². The van der Waals surface area contributed by atoms with E-state index >= 15 is 0 Å². The molecule has 1 aromatic rings. The van der Waals surface area contributed by atoms with Gasteiger partial charge in [0.1, 0.15) is 5.75 Å². The lowest BCUT2D eigenvalue weighted by Crippen LogP contribution is -2.30. The predicted octanol–water partition coefficient (Wildman–Crippen LogP) is 2.22. The lowest BCUT2D eigenvalue weighted by atomic mass is 10.2. The number of hydrogen-bond acceptors (Lipinski definition) is 5. The summed E-state index contributed by atoms with van der Waals surface area (Å²) in [7, 11) is 1.85. The van der Waals surface area contributed by atoms with Crippen LogP contribution < -0.4 is 10.1 Å². The number of pyridine rings is 1. The molecule has 5 nitrogen and oxygen atoms in total. The fraction of sp³-hybridized carbons (Fsp3) is 0.600. The molecule has 0 aliphatic rings. The van der Waals surface area contributed by atoms with Crippen LogP contribution in [0.5, 0.6) is 5.75 Å². The largest absolute Gasteiger partial charge is 0.477 e. The number of ether oxygens (including phenoxy) is 2. The predicted molar refractivity (Wildman–Crippen MR) is 77.7 cm³/mol. The van der Waals surface area contributed by atoms with Gasteiger partial charge in [-0.25, -0.2) is 4.79 Å². The van der Waals surface area contributed by atoms with Crippen LogP contribution >= 0.6 is 0 Å². The van der Waals surface area contributed by atoms with E-state index in [4.69, 9.17) is 9.47 Å². The highest BCUT2D eigenvalue weighted by atomic mass is 16.6.